The Hall–Kier alpha value is -4.19. The third-order valence-electron chi connectivity index (χ3n) is 13.4. The lowest BCUT2D eigenvalue weighted by Crippen LogP contribution is -2.30. The molecular formula is C71H118O6. The van der Waals surface area contributed by atoms with Crippen molar-refractivity contribution >= 4 is 17.9 Å². The van der Waals surface area contributed by atoms with Gasteiger partial charge < -0.3 is 14.2 Å². The highest BCUT2D eigenvalue weighted by atomic mass is 16.6. The summed E-state index contributed by atoms with van der Waals surface area (Å²) in [4.78, 5) is 38.4. The third kappa shape index (κ3) is 62.5. The fourth-order valence-electron chi connectivity index (χ4n) is 8.62. The number of unbranched alkanes of at least 4 members (excludes halogenated alkanes) is 26. The van der Waals surface area contributed by atoms with Crippen molar-refractivity contribution in [2.45, 2.75) is 297 Å². The number of rotatable bonds is 57. The predicted octanol–water partition coefficient (Wildman–Crippen LogP) is 22.0. The van der Waals surface area contributed by atoms with E-state index < -0.39 is 6.10 Å². The zero-order valence-electron chi connectivity index (χ0n) is 50.2. The van der Waals surface area contributed by atoms with Crippen molar-refractivity contribution < 1.29 is 28.6 Å². The average Bonchev–Trinajstić information content (AvgIpc) is 3.43. The maximum absolute atomic E-state index is 12.9. The lowest BCUT2D eigenvalue weighted by molar-refractivity contribution is -0.167. The summed E-state index contributed by atoms with van der Waals surface area (Å²) in [5.74, 6) is -0.931. The molecule has 0 fully saturated rings. The molecule has 0 aromatic heterocycles. The highest BCUT2D eigenvalue weighted by Crippen LogP contribution is 2.15. The van der Waals surface area contributed by atoms with Crippen LogP contribution in [0.1, 0.15) is 290 Å². The van der Waals surface area contributed by atoms with Crippen LogP contribution < -0.4 is 0 Å². The Morgan fingerprint density at radius 1 is 0.273 bits per heavy atom. The summed E-state index contributed by atoms with van der Waals surface area (Å²) in [6.07, 6.45) is 89.0. The van der Waals surface area contributed by atoms with Gasteiger partial charge in [0.2, 0.25) is 0 Å². The summed E-state index contributed by atoms with van der Waals surface area (Å²) in [5, 5.41) is 0. The zero-order valence-corrected chi connectivity index (χ0v) is 50.2. The minimum Gasteiger partial charge on any atom is -0.462 e. The van der Waals surface area contributed by atoms with Gasteiger partial charge in [0.25, 0.3) is 0 Å². The van der Waals surface area contributed by atoms with Crippen molar-refractivity contribution in [1.82, 2.24) is 0 Å². The van der Waals surface area contributed by atoms with Crippen LogP contribution in [0.25, 0.3) is 0 Å². The van der Waals surface area contributed by atoms with Gasteiger partial charge in [-0.3, -0.25) is 14.4 Å². The molecule has 0 spiro atoms. The van der Waals surface area contributed by atoms with Crippen LogP contribution in [0.15, 0.2) is 122 Å². The first-order valence-corrected chi connectivity index (χ1v) is 32.0. The van der Waals surface area contributed by atoms with Gasteiger partial charge in [-0.15, -0.1) is 0 Å². The lowest BCUT2D eigenvalue weighted by Gasteiger charge is -2.18. The van der Waals surface area contributed by atoms with Crippen LogP contribution >= 0.6 is 0 Å². The summed E-state index contributed by atoms with van der Waals surface area (Å²) in [6, 6.07) is 0. The second-order valence-corrected chi connectivity index (χ2v) is 20.9. The third-order valence-corrected chi connectivity index (χ3v) is 13.4. The molecule has 0 aliphatic carbocycles. The van der Waals surface area contributed by atoms with Crippen LogP contribution in [-0.2, 0) is 28.6 Å². The average molecular weight is 1070 g/mol. The minimum atomic E-state index is -0.803. The molecule has 0 aliphatic rings. The Labute approximate surface area is 475 Å². The van der Waals surface area contributed by atoms with E-state index in [9.17, 15) is 14.4 Å². The highest BCUT2D eigenvalue weighted by Gasteiger charge is 2.19. The standard InChI is InChI=1S/C71H118O6/c1-4-7-10-13-16-19-22-25-28-31-34-35-38-40-43-46-49-52-55-58-61-64-70(73)76-67-68(77-71(74)65-62-59-56-53-50-47-44-41-37-33-30-27-24-21-18-15-12-9-6-3)66-75-69(72)63-60-57-54-51-48-45-42-39-36-32-29-26-23-20-17-14-11-8-5-2/h9,12,17-18,20-22,25-27,29-31,34,36-41,68H,4-8,10-11,13-16,19,23-24,28,32-33,35,42-67H2,1-3H3/b12-9-,20-17-,21-18-,25-22-,29-26-,30-27-,34-31-,39-36-,40-38-,41-37-. The van der Waals surface area contributed by atoms with E-state index in [4.69, 9.17) is 14.2 Å². The molecule has 77 heavy (non-hydrogen) atoms. The van der Waals surface area contributed by atoms with Crippen LogP contribution in [0.4, 0.5) is 0 Å². The van der Waals surface area contributed by atoms with Gasteiger partial charge >= 0.3 is 17.9 Å². The number of ether oxygens (including phenoxy) is 3. The Kier molecular flexibility index (Phi) is 60.8. The second-order valence-electron chi connectivity index (χ2n) is 20.9. The van der Waals surface area contributed by atoms with E-state index in [1.54, 1.807) is 0 Å². The topological polar surface area (TPSA) is 78.9 Å². The summed E-state index contributed by atoms with van der Waals surface area (Å²) < 4.78 is 16.9. The maximum atomic E-state index is 12.9. The molecule has 0 saturated heterocycles. The van der Waals surface area contributed by atoms with E-state index in [0.717, 1.165) is 148 Å². The molecule has 0 saturated carbocycles. The largest absolute Gasteiger partial charge is 0.462 e. The normalized spacial score (nSPS) is 12.9. The van der Waals surface area contributed by atoms with Crippen molar-refractivity contribution in [1.29, 1.82) is 0 Å². The second kappa shape index (κ2) is 64.3. The molecule has 0 aromatic carbocycles. The smallest absolute Gasteiger partial charge is 0.306 e. The molecule has 6 nitrogen and oxygen atoms in total. The number of esters is 3. The SMILES string of the molecule is CC/C=C\C/C=C\C/C=C\C/C=C\CCCCCCCCC(=O)OC(COC(=O)CCCCCCCC/C=C\C/C=C\C/C=C\CCCCC)COC(=O)CCCCCCCC/C=C\C/C=C\C/C=C\CCCCCCC. The molecule has 0 rings (SSSR count). The lowest BCUT2D eigenvalue weighted by atomic mass is 10.1. The number of carbonyl (C=O) groups excluding carboxylic acids is 3. The Morgan fingerprint density at radius 2 is 0.506 bits per heavy atom. The van der Waals surface area contributed by atoms with Gasteiger partial charge in [-0.1, -0.05) is 258 Å². The highest BCUT2D eigenvalue weighted by molar-refractivity contribution is 5.71. The molecule has 1 atom stereocenters. The first kappa shape index (κ1) is 72.8. The molecule has 438 valence electrons. The molecule has 0 aliphatic heterocycles. The molecule has 0 bridgehead atoms. The van der Waals surface area contributed by atoms with Crippen molar-refractivity contribution in [2.24, 2.45) is 0 Å². The Bertz CT molecular complexity index is 1600. The number of carbonyl (C=O) groups is 3. The van der Waals surface area contributed by atoms with Gasteiger partial charge in [0.05, 0.1) is 0 Å². The molecule has 1 unspecified atom stereocenters. The van der Waals surface area contributed by atoms with Crippen LogP contribution in [0, 0.1) is 0 Å². The number of hydrogen-bond acceptors (Lipinski definition) is 6. The quantitative estimate of drug-likeness (QED) is 0.0261. The van der Waals surface area contributed by atoms with Crippen LogP contribution in [0.2, 0.25) is 0 Å². The van der Waals surface area contributed by atoms with Gasteiger partial charge in [0, 0.05) is 19.3 Å². The monoisotopic (exact) mass is 1070 g/mol. The number of hydrogen-bond donors (Lipinski definition) is 0. The first-order valence-electron chi connectivity index (χ1n) is 32.0. The molecule has 6 heteroatoms. The van der Waals surface area contributed by atoms with E-state index in [1.807, 2.05) is 0 Å². The van der Waals surface area contributed by atoms with Gasteiger partial charge in [-0.2, -0.15) is 0 Å². The van der Waals surface area contributed by atoms with Crippen molar-refractivity contribution in [3.8, 4) is 0 Å². The van der Waals surface area contributed by atoms with E-state index in [2.05, 4.69) is 142 Å². The van der Waals surface area contributed by atoms with E-state index in [1.165, 1.54) is 103 Å². The predicted molar refractivity (Wildman–Crippen MR) is 334 cm³/mol. The molecule has 0 N–H and O–H groups in total. The van der Waals surface area contributed by atoms with Gasteiger partial charge in [-0.05, 0) is 135 Å². The Balaban J connectivity index is 4.48. The van der Waals surface area contributed by atoms with Gasteiger partial charge in [0.1, 0.15) is 13.2 Å². The summed E-state index contributed by atoms with van der Waals surface area (Å²) in [7, 11) is 0. The molecule has 0 aromatic rings. The molecular weight excluding hydrogens is 949 g/mol. The molecule has 0 heterocycles. The number of allylic oxidation sites excluding steroid dienone is 20. The van der Waals surface area contributed by atoms with E-state index in [-0.39, 0.29) is 31.1 Å². The van der Waals surface area contributed by atoms with Crippen molar-refractivity contribution in [3.63, 3.8) is 0 Å². The minimum absolute atomic E-state index is 0.0977. The van der Waals surface area contributed by atoms with Crippen molar-refractivity contribution in [3.05, 3.63) is 122 Å². The maximum Gasteiger partial charge on any atom is 0.306 e. The van der Waals surface area contributed by atoms with Gasteiger partial charge in [0.15, 0.2) is 6.10 Å². The summed E-state index contributed by atoms with van der Waals surface area (Å²) >= 11 is 0. The fraction of sp³-hybridized carbons (Fsp3) is 0.676. The van der Waals surface area contributed by atoms with Crippen molar-refractivity contribution in [2.75, 3.05) is 13.2 Å². The van der Waals surface area contributed by atoms with Gasteiger partial charge in [-0.25, -0.2) is 0 Å². The van der Waals surface area contributed by atoms with E-state index in [0.29, 0.717) is 19.3 Å². The van der Waals surface area contributed by atoms with Crippen LogP contribution in [-0.4, -0.2) is 37.2 Å². The summed E-state index contributed by atoms with van der Waals surface area (Å²) in [5.41, 5.74) is 0. The Morgan fingerprint density at radius 3 is 0.818 bits per heavy atom. The first-order chi connectivity index (χ1) is 38.0. The molecule has 0 amide bonds. The van der Waals surface area contributed by atoms with Crippen LogP contribution in [0.3, 0.4) is 0 Å². The zero-order chi connectivity index (χ0) is 55.7. The fourth-order valence-corrected chi connectivity index (χ4v) is 8.62. The van der Waals surface area contributed by atoms with Crippen LogP contribution in [0.5, 0.6) is 0 Å². The molecule has 0 radical (unpaired) electrons. The van der Waals surface area contributed by atoms with E-state index >= 15 is 0 Å². The summed E-state index contributed by atoms with van der Waals surface area (Å²) in [6.45, 7) is 6.47.